The highest BCUT2D eigenvalue weighted by molar-refractivity contribution is 5.94. The molecule has 0 aliphatic heterocycles. The van der Waals surface area contributed by atoms with Crippen molar-refractivity contribution in [2.24, 2.45) is 0 Å². The first-order chi connectivity index (χ1) is 12.2. The van der Waals surface area contributed by atoms with Crippen molar-refractivity contribution >= 4 is 5.91 Å². The Hall–Kier alpha value is -2.63. The number of aromatic nitrogens is 2. The summed E-state index contributed by atoms with van der Waals surface area (Å²) in [6.45, 7) is 2.55. The van der Waals surface area contributed by atoms with Gasteiger partial charge in [0.05, 0.1) is 12.8 Å². The van der Waals surface area contributed by atoms with E-state index < -0.39 is 0 Å². The van der Waals surface area contributed by atoms with Gasteiger partial charge in [-0.1, -0.05) is 0 Å². The Morgan fingerprint density at radius 2 is 1.92 bits per heavy atom. The molecule has 1 aromatic carbocycles. The average Bonchev–Trinajstić information content (AvgIpc) is 2.65. The molecule has 0 unspecified atom stereocenters. The minimum atomic E-state index is -0.0404. The van der Waals surface area contributed by atoms with Crippen LogP contribution >= 0.6 is 0 Å². The quantitative estimate of drug-likeness (QED) is 0.874. The number of hydrogen-bond donors (Lipinski definition) is 1. The highest BCUT2D eigenvalue weighted by atomic mass is 16.5. The lowest BCUT2D eigenvalue weighted by Crippen LogP contribution is -2.39. The van der Waals surface area contributed by atoms with Crippen molar-refractivity contribution in [3.8, 4) is 11.6 Å². The van der Waals surface area contributed by atoms with E-state index in [1.807, 2.05) is 19.1 Å². The molecule has 25 heavy (non-hydrogen) atoms. The van der Waals surface area contributed by atoms with Gasteiger partial charge in [0.15, 0.2) is 0 Å². The zero-order chi connectivity index (χ0) is 17.5. The zero-order valence-corrected chi connectivity index (χ0v) is 14.4. The number of nitrogens with zero attached hydrogens (tertiary/aromatic N) is 2. The largest absolute Gasteiger partial charge is 0.494 e. The van der Waals surface area contributed by atoms with Crippen LogP contribution < -0.4 is 14.8 Å². The van der Waals surface area contributed by atoms with Crippen molar-refractivity contribution in [1.29, 1.82) is 0 Å². The first-order valence-corrected chi connectivity index (χ1v) is 8.71. The minimum Gasteiger partial charge on any atom is -0.494 e. The third-order valence-electron chi connectivity index (χ3n) is 4.26. The second kappa shape index (κ2) is 8.46. The molecular formula is C19H23N3O3. The predicted molar refractivity (Wildman–Crippen MR) is 93.8 cm³/mol. The maximum absolute atomic E-state index is 12.4. The lowest BCUT2D eigenvalue weighted by molar-refractivity contribution is 0.0890. The number of amides is 1. The van der Waals surface area contributed by atoms with E-state index in [0.29, 0.717) is 18.1 Å². The summed E-state index contributed by atoms with van der Waals surface area (Å²) in [5, 5.41) is 3.11. The van der Waals surface area contributed by atoms with E-state index in [1.165, 1.54) is 0 Å². The van der Waals surface area contributed by atoms with Crippen LogP contribution in [0.1, 0.15) is 43.0 Å². The summed E-state index contributed by atoms with van der Waals surface area (Å²) in [7, 11) is 0. The van der Waals surface area contributed by atoms with E-state index in [9.17, 15) is 4.79 Å². The maximum atomic E-state index is 12.4. The SMILES string of the molecule is CCOc1ccc(C(=O)NC2CCC(Oc3cnccn3)CC2)cc1. The zero-order valence-electron chi connectivity index (χ0n) is 14.4. The third kappa shape index (κ3) is 4.92. The third-order valence-corrected chi connectivity index (χ3v) is 4.26. The summed E-state index contributed by atoms with van der Waals surface area (Å²) < 4.78 is 11.2. The molecule has 0 saturated heterocycles. The van der Waals surface area contributed by atoms with Crippen molar-refractivity contribution in [3.63, 3.8) is 0 Å². The first kappa shape index (κ1) is 17.2. The highest BCUT2D eigenvalue weighted by Crippen LogP contribution is 2.23. The summed E-state index contributed by atoms with van der Waals surface area (Å²) in [5.41, 5.74) is 0.654. The summed E-state index contributed by atoms with van der Waals surface area (Å²) in [6.07, 6.45) is 8.59. The molecule has 1 amide bonds. The van der Waals surface area contributed by atoms with Crippen molar-refractivity contribution in [2.75, 3.05) is 6.61 Å². The normalized spacial score (nSPS) is 19.9. The fourth-order valence-corrected chi connectivity index (χ4v) is 2.98. The molecule has 1 N–H and O–H groups in total. The van der Waals surface area contributed by atoms with Gasteiger partial charge in [0.25, 0.3) is 5.91 Å². The molecule has 6 nitrogen and oxygen atoms in total. The van der Waals surface area contributed by atoms with E-state index in [0.717, 1.165) is 31.4 Å². The van der Waals surface area contributed by atoms with Gasteiger partial charge in [0.1, 0.15) is 11.9 Å². The smallest absolute Gasteiger partial charge is 0.251 e. The van der Waals surface area contributed by atoms with Crippen LogP contribution in [0.2, 0.25) is 0 Å². The van der Waals surface area contributed by atoms with Gasteiger partial charge in [-0.25, -0.2) is 4.98 Å². The summed E-state index contributed by atoms with van der Waals surface area (Å²) in [4.78, 5) is 20.5. The van der Waals surface area contributed by atoms with E-state index >= 15 is 0 Å². The Kier molecular flexibility index (Phi) is 5.82. The molecule has 1 aliphatic carbocycles. The molecule has 3 rings (SSSR count). The first-order valence-electron chi connectivity index (χ1n) is 8.71. The Morgan fingerprint density at radius 1 is 1.16 bits per heavy atom. The fraction of sp³-hybridized carbons (Fsp3) is 0.421. The van der Waals surface area contributed by atoms with Crippen LogP contribution in [-0.2, 0) is 0 Å². The van der Waals surface area contributed by atoms with Gasteiger partial charge in [0, 0.05) is 24.0 Å². The second-order valence-corrected chi connectivity index (χ2v) is 6.07. The maximum Gasteiger partial charge on any atom is 0.251 e. The average molecular weight is 341 g/mol. The van der Waals surface area contributed by atoms with Gasteiger partial charge in [0.2, 0.25) is 5.88 Å². The summed E-state index contributed by atoms with van der Waals surface area (Å²) in [5.74, 6) is 1.30. The molecule has 0 atom stereocenters. The Morgan fingerprint density at radius 3 is 2.56 bits per heavy atom. The van der Waals surface area contributed by atoms with E-state index in [2.05, 4.69) is 15.3 Å². The van der Waals surface area contributed by atoms with Crippen LogP contribution in [0.3, 0.4) is 0 Å². The second-order valence-electron chi connectivity index (χ2n) is 6.07. The van der Waals surface area contributed by atoms with Gasteiger partial charge in [-0.3, -0.25) is 9.78 Å². The standard InChI is InChI=1S/C19H23N3O3/c1-2-24-16-7-3-14(4-8-16)19(23)22-15-5-9-17(10-6-15)25-18-13-20-11-12-21-18/h3-4,7-8,11-13,15,17H,2,5-6,9-10H2,1H3,(H,22,23). The monoisotopic (exact) mass is 341 g/mol. The Bertz CT molecular complexity index is 668. The number of hydrogen-bond acceptors (Lipinski definition) is 5. The lowest BCUT2D eigenvalue weighted by Gasteiger charge is -2.29. The lowest BCUT2D eigenvalue weighted by atomic mass is 9.92. The number of nitrogens with one attached hydrogen (secondary N) is 1. The van der Waals surface area contributed by atoms with E-state index in [-0.39, 0.29) is 18.1 Å². The molecular weight excluding hydrogens is 318 g/mol. The topological polar surface area (TPSA) is 73.3 Å². The van der Waals surface area contributed by atoms with Crippen LogP contribution in [0.4, 0.5) is 0 Å². The molecule has 1 heterocycles. The molecule has 132 valence electrons. The van der Waals surface area contributed by atoms with E-state index in [4.69, 9.17) is 9.47 Å². The number of ether oxygens (including phenoxy) is 2. The van der Waals surface area contributed by atoms with Crippen molar-refractivity contribution in [1.82, 2.24) is 15.3 Å². The molecule has 1 fully saturated rings. The molecule has 0 radical (unpaired) electrons. The highest BCUT2D eigenvalue weighted by Gasteiger charge is 2.24. The number of carbonyl (C=O) groups excluding carboxylic acids is 1. The summed E-state index contributed by atoms with van der Waals surface area (Å²) in [6, 6.07) is 7.42. The molecule has 2 aromatic rings. The number of carbonyl (C=O) groups is 1. The predicted octanol–water partition coefficient (Wildman–Crippen LogP) is 3.00. The fourth-order valence-electron chi connectivity index (χ4n) is 2.98. The van der Waals surface area contributed by atoms with Gasteiger partial charge in [-0.2, -0.15) is 0 Å². The molecule has 0 bridgehead atoms. The van der Waals surface area contributed by atoms with Crippen LogP contribution in [0.25, 0.3) is 0 Å². The molecule has 1 saturated carbocycles. The van der Waals surface area contributed by atoms with Crippen LogP contribution in [0.5, 0.6) is 11.6 Å². The van der Waals surface area contributed by atoms with Gasteiger partial charge < -0.3 is 14.8 Å². The Labute approximate surface area is 147 Å². The van der Waals surface area contributed by atoms with Gasteiger partial charge >= 0.3 is 0 Å². The van der Waals surface area contributed by atoms with Crippen molar-refractivity contribution < 1.29 is 14.3 Å². The number of benzene rings is 1. The van der Waals surface area contributed by atoms with Crippen LogP contribution in [0.15, 0.2) is 42.9 Å². The van der Waals surface area contributed by atoms with Gasteiger partial charge in [-0.05, 0) is 56.9 Å². The van der Waals surface area contributed by atoms with Crippen molar-refractivity contribution in [3.05, 3.63) is 48.4 Å². The minimum absolute atomic E-state index is 0.0404. The molecule has 0 spiro atoms. The van der Waals surface area contributed by atoms with E-state index in [1.54, 1.807) is 30.7 Å². The summed E-state index contributed by atoms with van der Waals surface area (Å²) >= 11 is 0. The van der Waals surface area contributed by atoms with Crippen molar-refractivity contribution in [2.45, 2.75) is 44.8 Å². The van der Waals surface area contributed by atoms with Crippen LogP contribution in [0, 0.1) is 0 Å². The molecule has 1 aliphatic rings. The van der Waals surface area contributed by atoms with Gasteiger partial charge in [-0.15, -0.1) is 0 Å². The van der Waals surface area contributed by atoms with Crippen LogP contribution in [-0.4, -0.2) is 34.6 Å². The Balaban J connectivity index is 1.46. The molecule has 1 aromatic heterocycles. The number of rotatable bonds is 6. The molecule has 6 heteroatoms.